The minimum atomic E-state index is -0.815. The first-order chi connectivity index (χ1) is 12.1. The molecule has 1 heterocycles. The summed E-state index contributed by atoms with van der Waals surface area (Å²) in [6.07, 6.45) is 7.09. The molecule has 0 aliphatic heterocycles. The van der Waals surface area contributed by atoms with Crippen LogP contribution in [0.2, 0.25) is 0 Å². The summed E-state index contributed by atoms with van der Waals surface area (Å²) in [6, 6.07) is 5.20. The summed E-state index contributed by atoms with van der Waals surface area (Å²) >= 11 is 1.47. The number of aromatic nitrogens is 1. The van der Waals surface area contributed by atoms with E-state index in [1.807, 2.05) is 0 Å². The lowest BCUT2D eigenvalue weighted by molar-refractivity contribution is -0.129. The van der Waals surface area contributed by atoms with Gasteiger partial charge in [-0.3, -0.25) is 4.79 Å². The summed E-state index contributed by atoms with van der Waals surface area (Å²) in [5.41, 5.74) is 4.43. The summed E-state index contributed by atoms with van der Waals surface area (Å²) in [7, 11) is 0. The molecular formula is C19H22N2O3S. The molecule has 6 heteroatoms. The minimum absolute atomic E-state index is 0.261. The highest BCUT2D eigenvalue weighted by molar-refractivity contribution is 7.16. The van der Waals surface area contributed by atoms with Gasteiger partial charge in [-0.1, -0.05) is 11.6 Å². The molecule has 25 heavy (non-hydrogen) atoms. The van der Waals surface area contributed by atoms with Crippen LogP contribution in [0.25, 0.3) is 10.2 Å². The van der Waals surface area contributed by atoms with Gasteiger partial charge >= 0.3 is 5.97 Å². The first-order valence-corrected chi connectivity index (χ1v) is 9.51. The SMILES string of the molecule is C[C@@H](OC(=O)c1ccc2ncsc2c1)C(=O)NCCC1=CCCCC1. The number of esters is 1. The van der Waals surface area contributed by atoms with Gasteiger partial charge in [-0.15, -0.1) is 11.3 Å². The molecule has 0 bridgehead atoms. The molecule has 3 rings (SSSR count). The van der Waals surface area contributed by atoms with E-state index in [4.69, 9.17) is 4.74 Å². The number of ether oxygens (including phenoxy) is 1. The lowest BCUT2D eigenvalue weighted by atomic mass is 9.97. The molecule has 1 aromatic heterocycles. The summed E-state index contributed by atoms with van der Waals surface area (Å²) in [4.78, 5) is 28.5. The van der Waals surface area contributed by atoms with Crippen molar-refractivity contribution in [3.63, 3.8) is 0 Å². The number of hydrogen-bond donors (Lipinski definition) is 1. The molecule has 0 saturated carbocycles. The number of benzene rings is 1. The van der Waals surface area contributed by atoms with Crippen LogP contribution in [-0.2, 0) is 9.53 Å². The van der Waals surface area contributed by atoms with Crippen molar-refractivity contribution >= 4 is 33.4 Å². The van der Waals surface area contributed by atoms with Gasteiger partial charge in [0.1, 0.15) is 0 Å². The number of nitrogens with zero attached hydrogens (tertiary/aromatic N) is 1. The average Bonchev–Trinajstić information content (AvgIpc) is 3.10. The van der Waals surface area contributed by atoms with Crippen LogP contribution < -0.4 is 5.32 Å². The monoisotopic (exact) mass is 358 g/mol. The summed E-state index contributed by atoms with van der Waals surface area (Å²) in [5, 5.41) is 2.85. The molecular weight excluding hydrogens is 336 g/mol. The standard InChI is InChI=1S/C19H22N2O3S/c1-13(18(22)20-10-9-14-5-3-2-4-6-14)24-19(23)15-7-8-16-17(11-15)25-12-21-16/h5,7-8,11-13H,2-4,6,9-10H2,1H3,(H,20,22)/t13-/m1/s1. The lowest BCUT2D eigenvalue weighted by Gasteiger charge is -2.15. The number of thiazole rings is 1. The summed E-state index contributed by atoms with van der Waals surface area (Å²) < 4.78 is 6.21. The van der Waals surface area contributed by atoms with E-state index in [0.717, 1.165) is 29.5 Å². The molecule has 0 spiro atoms. The maximum Gasteiger partial charge on any atom is 0.338 e. The molecule has 0 saturated heterocycles. The Morgan fingerprint density at radius 3 is 3.04 bits per heavy atom. The number of nitrogens with one attached hydrogen (secondary N) is 1. The predicted molar refractivity (Wildman–Crippen MR) is 98.7 cm³/mol. The van der Waals surface area contributed by atoms with Crippen LogP contribution in [0.5, 0.6) is 0 Å². The van der Waals surface area contributed by atoms with Crippen LogP contribution in [0.15, 0.2) is 35.4 Å². The summed E-state index contributed by atoms with van der Waals surface area (Å²) in [6.45, 7) is 2.18. The van der Waals surface area contributed by atoms with Crippen LogP contribution in [0.4, 0.5) is 0 Å². The highest BCUT2D eigenvalue weighted by Gasteiger charge is 2.19. The Balaban J connectivity index is 1.48. The van der Waals surface area contributed by atoms with Crippen molar-refractivity contribution in [2.45, 2.75) is 45.1 Å². The first-order valence-electron chi connectivity index (χ1n) is 8.63. The van der Waals surface area contributed by atoms with E-state index in [2.05, 4.69) is 16.4 Å². The molecule has 0 fully saturated rings. The normalized spacial score (nSPS) is 15.5. The fraction of sp³-hybridized carbons (Fsp3) is 0.421. The molecule has 5 nitrogen and oxygen atoms in total. The Morgan fingerprint density at radius 1 is 1.36 bits per heavy atom. The molecule has 1 N–H and O–H groups in total. The highest BCUT2D eigenvalue weighted by Crippen LogP contribution is 2.20. The fourth-order valence-corrected chi connectivity index (χ4v) is 3.60. The smallest absolute Gasteiger partial charge is 0.338 e. The molecule has 1 aliphatic rings. The van der Waals surface area contributed by atoms with Gasteiger partial charge in [-0.2, -0.15) is 0 Å². The maximum absolute atomic E-state index is 12.2. The van der Waals surface area contributed by atoms with Crippen LogP contribution in [-0.4, -0.2) is 29.5 Å². The quantitative estimate of drug-likeness (QED) is 0.629. The number of carbonyl (C=O) groups excluding carboxylic acids is 2. The van der Waals surface area contributed by atoms with Crippen molar-refractivity contribution in [1.82, 2.24) is 10.3 Å². The van der Waals surface area contributed by atoms with Gasteiger partial charge in [0.15, 0.2) is 6.10 Å². The number of amides is 1. The third-order valence-corrected chi connectivity index (χ3v) is 5.14. The fourth-order valence-electron chi connectivity index (χ4n) is 2.89. The van der Waals surface area contributed by atoms with E-state index in [0.29, 0.717) is 12.1 Å². The second-order valence-corrected chi connectivity index (χ2v) is 7.12. The third-order valence-electron chi connectivity index (χ3n) is 4.35. The van der Waals surface area contributed by atoms with Crippen molar-refractivity contribution < 1.29 is 14.3 Å². The van der Waals surface area contributed by atoms with E-state index in [1.54, 1.807) is 30.6 Å². The zero-order valence-electron chi connectivity index (χ0n) is 14.3. The van der Waals surface area contributed by atoms with Crippen molar-refractivity contribution in [2.24, 2.45) is 0 Å². The number of fused-ring (bicyclic) bond motifs is 1. The largest absolute Gasteiger partial charge is 0.449 e. The Bertz CT molecular complexity index is 797. The summed E-state index contributed by atoms with van der Waals surface area (Å²) in [5.74, 6) is -0.753. The van der Waals surface area contributed by atoms with Crippen LogP contribution in [0.3, 0.4) is 0 Å². The van der Waals surface area contributed by atoms with Gasteiger partial charge in [-0.25, -0.2) is 9.78 Å². The van der Waals surface area contributed by atoms with Crippen molar-refractivity contribution in [2.75, 3.05) is 6.54 Å². The van der Waals surface area contributed by atoms with E-state index < -0.39 is 12.1 Å². The third kappa shape index (κ3) is 4.66. The van der Waals surface area contributed by atoms with Crippen molar-refractivity contribution in [1.29, 1.82) is 0 Å². The van der Waals surface area contributed by atoms with Gasteiger partial charge < -0.3 is 10.1 Å². The van der Waals surface area contributed by atoms with E-state index in [9.17, 15) is 9.59 Å². The van der Waals surface area contributed by atoms with E-state index in [-0.39, 0.29) is 5.91 Å². The molecule has 132 valence electrons. The predicted octanol–water partition coefficient (Wildman–Crippen LogP) is 3.85. The second-order valence-electron chi connectivity index (χ2n) is 6.23. The first kappa shape index (κ1) is 17.6. The Hall–Kier alpha value is -2.21. The Morgan fingerprint density at radius 2 is 2.24 bits per heavy atom. The van der Waals surface area contributed by atoms with Crippen LogP contribution >= 0.6 is 11.3 Å². The van der Waals surface area contributed by atoms with Gasteiger partial charge in [0, 0.05) is 6.54 Å². The highest BCUT2D eigenvalue weighted by atomic mass is 32.1. The molecule has 1 atom stereocenters. The van der Waals surface area contributed by atoms with Gasteiger partial charge in [0.2, 0.25) is 0 Å². The number of hydrogen-bond acceptors (Lipinski definition) is 5. The van der Waals surface area contributed by atoms with Gasteiger partial charge in [0.05, 0.1) is 21.3 Å². The molecule has 2 aromatic rings. The van der Waals surface area contributed by atoms with Crippen molar-refractivity contribution in [3.05, 3.63) is 40.9 Å². The zero-order valence-corrected chi connectivity index (χ0v) is 15.1. The van der Waals surface area contributed by atoms with Gasteiger partial charge in [0.25, 0.3) is 5.91 Å². The number of carbonyl (C=O) groups is 2. The Kier molecular flexibility index (Phi) is 5.81. The maximum atomic E-state index is 12.2. The van der Waals surface area contributed by atoms with Crippen molar-refractivity contribution in [3.8, 4) is 0 Å². The minimum Gasteiger partial charge on any atom is -0.449 e. The van der Waals surface area contributed by atoms with Gasteiger partial charge in [-0.05, 0) is 57.2 Å². The molecule has 1 amide bonds. The molecule has 0 unspecified atom stereocenters. The van der Waals surface area contributed by atoms with E-state index in [1.165, 1.54) is 29.8 Å². The topological polar surface area (TPSA) is 68.3 Å². The molecule has 1 aromatic carbocycles. The van der Waals surface area contributed by atoms with Crippen LogP contribution in [0.1, 0.15) is 49.4 Å². The molecule has 0 radical (unpaired) electrons. The average molecular weight is 358 g/mol. The molecule has 1 aliphatic carbocycles. The Labute approximate surface area is 151 Å². The number of rotatable bonds is 6. The second kappa shape index (κ2) is 8.25. The number of allylic oxidation sites excluding steroid dienone is 1. The zero-order chi connectivity index (χ0) is 17.6. The van der Waals surface area contributed by atoms with Crippen LogP contribution in [0, 0.1) is 0 Å². The van der Waals surface area contributed by atoms with E-state index >= 15 is 0 Å². The lowest BCUT2D eigenvalue weighted by Crippen LogP contribution is -2.36.